The number of hydrogen-bond donors (Lipinski definition) is 1. The lowest BCUT2D eigenvalue weighted by Gasteiger charge is -2.13. The first-order valence-corrected chi connectivity index (χ1v) is 7.34. The van der Waals surface area contributed by atoms with Crippen LogP contribution >= 0.6 is 11.6 Å². The molecule has 0 spiro atoms. The topological polar surface area (TPSA) is 63.7 Å². The highest BCUT2D eigenvalue weighted by Gasteiger charge is 2.12. The van der Waals surface area contributed by atoms with Crippen molar-refractivity contribution in [3.8, 4) is 5.69 Å². The quantitative estimate of drug-likeness (QED) is 0.790. The summed E-state index contributed by atoms with van der Waals surface area (Å²) in [4.78, 5) is 17.2. The van der Waals surface area contributed by atoms with Crippen LogP contribution in [0.15, 0.2) is 41.2 Å². The zero-order chi connectivity index (χ0) is 15.9. The molecule has 0 atom stereocenters. The van der Waals surface area contributed by atoms with Crippen molar-refractivity contribution in [3.05, 3.63) is 63.1 Å². The number of aromatic nitrogens is 3. The van der Waals surface area contributed by atoms with Crippen molar-refractivity contribution in [1.82, 2.24) is 14.1 Å². The lowest BCUT2D eigenvalue weighted by Crippen LogP contribution is -2.39. The molecule has 2 heterocycles. The molecule has 0 saturated heterocycles. The third-order valence-corrected chi connectivity index (χ3v) is 3.82. The van der Waals surface area contributed by atoms with E-state index in [1.807, 2.05) is 26.0 Å². The monoisotopic (exact) mass is 314 g/mol. The predicted molar refractivity (Wildman–Crippen MR) is 86.6 cm³/mol. The smallest absolute Gasteiger partial charge is 0.283 e. The molecule has 0 aliphatic rings. The van der Waals surface area contributed by atoms with Gasteiger partial charge >= 0.3 is 5.69 Å². The van der Waals surface area contributed by atoms with Gasteiger partial charge in [-0.05, 0) is 50.2 Å². The van der Waals surface area contributed by atoms with Crippen molar-refractivity contribution in [2.24, 2.45) is 0 Å². The normalized spacial score (nSPS) is 11.0. The highest BCUT2D eigenvalue weighted by atomic mass is 35.5. The Morgan fingerprint density at radius 2 is 1.86 bits per heavy atom. The molecule has 0 unspecified atom stereocenters. The fourth-order valence-corrected chi connectivity index (χ4v) is 2.60. The number of fused-ring (bicyclic) bond motifs is 1. The highest BCUT2D eigenvalue weighted by Crippen LogP contribution is 2.12. The zero-order valence-corrected chi connectivity index (χ0v) is 13.1. The Hall–Kier alpha value is -2.40. The minimum Gasteiger partial charge on any atom is -0.283 e. The van der Waals surface area contributed by atoms with Crippen molar-refractivity contribution in [1.29, 1.82) is 5.41 Å². The van der Waals surface area contributed by atoms with Crippen LogP contribution in [0.5, 0.6) is 0 Å². The molecule has 1 aromatic carbocycles. The molecule has 0 radical (unpaired) electrons. The first-order valence-electron chi connectivity index (χ1n) is 6.96. The van der Waals surface area contributed by atoms with E-state index < -0.39 is 0 Å². The molecule has 5 nitrogen and oxygen atoms in total. The average Bonchev–Trinajstić information content (AvgIpc) is 2.49. The Balaban J connectivity index is 2.46. The van der Waals surface area contributed by atoms with Crippen LogP contribution < -0.4 is 11.2 Å². The Bertz CT molecular complexity index is 970. The molecule has 0 saturated carbocycles. The molecule has 3 rings (SSSR count). The molecule has 0 aliphatic carbocycles. The lowest BCUT2D eigenvalue weighted by atomic mass is 10.2. The fourth-order valence-electron chi connectivity index (χ4n) is 2.48. The van der Waals surface area contributed by atoms with Gasteiger partial charge in [0.1, 0.15) is 11.1 Å². The van der Waals surface area contributed by atoms with Crippen LogP contribution in [-0.4, -0.2) is 14.1 Å². The number of pyridine rings is 1. The minimum atomic E-state index is -0.277. The van der Waals surface area contributed by atoms with Crippen molar-refractivity contribution in [2.75, 3.05) is 0 Å². The Labute approximate surface area is 131 Å². The molecule has 0 bridgehead atoms. The van der Waals surface area contributed by atoms with Gasteiger partial charge in [-0.1, -0.05) is 11.6 Å². The molecule has 22 heavy (non-hydrogen) atoms. The van der Waals surface area contributed by atoms with Gasteiger partial charge in [-0.15, -0.1) is 0 Å². The molecule has 2 aromatic heterocycles. The van der Waals surface area contributed by atoms with Gasteiger partial charge in [-0.25, -0.2) is 14.3 Å². The molecule has 1 N–H and O–H groups in total. The number of nitrogens with zero attached hydrogens (tertiary/aromatic N) is 3. The van der Waals surface area contributed by atoms with E-state index >= 15 is 0 Å². The van der Waals surface area contributed by atoms with Crippen LogP contribution in [0, 0.1) is 12.3 Å². The Kier molecular flexibility index (Phi) is 3.58. The van der Waals surface area contributed by atoms with Crippen molar-refractivity contribution in [3.63, 3.8) is 0 Å². The minimum absolute atomic E-state index is 0.125. The van der Waals surface area contributed by atoms with Gasteiger partial charge in [0.15, 0.2) is 0 Å². The number of halogens is 1. The number of aryl methyl sites for hydroxylation is 2. The van der Waals surface area contributed by atoms with Crippen LogP contribution in [0.3, 0.4) is 0 Å². The first-order chi connectivity index (χ1) is 10.5. The van der Waals surface area contributed by atoms with E-state index in [-0.39, 0.29) is 11.2 Å². The average molecular weight is 315 g/mol. The van der Waals surface area contributed by atoms with Crippen LogP contribution in [0.4, 0.5) is 0 Å². The van der Waals surface area contributed by atoms with Gasteiger partial charge in [-0.2, -0.15) is 0 Å². The largest absolute Gasteiger partial charge is 0.335 e. The summed E-state index contributed by atoms with van der Waals surface area (Å²) in [6.45, 7) is 4.24. The molecule has 0 aliphatic heterocycles. The third kappa shape index (κ3) is 2.23. The Morgan fingerprint density at radius 3 is 2.50 bits per heavy atom. The zero-order valence-electron chi connectivity index (χ0n) is 12.3. The molecule has 112 valence electrons. The van der Waals surface area contributed by atoms with E-state index in [2.05, 4.69) is 4.98 Å². The van der Waals surface area contributed by atoms with Crippen LogP contribution in [0.1, 0.15) is 12.6 Å². The van der Waals surface area contributed by atoms with Gasteiger partial charge in [-0.3, -0.25) is 9.98 Å². The second-order valence-electron chi connectivity index (χ2n) is 5.01. The van der Waals surface area contributed by atoms with Crippen molar-refractivity contribution in [2.45, 2.75) is 20.4 Å². The molecule has 6 heteroatoms. The molecule has 3 aromatic rings. The summed E-state index contributed by atoms with van der Waals surface area (Å²) >= 11 is 5.90. The predicted octanol–water partition coefficient (Wildman–Crippen LogP) is 2.65. The van der Waals surface area contributed by atoms with Gasteiger partial charge < -0.3 is 0 Å². The Morgan fingerprint density at radius 1 is 1.18 bits per heavy atom. The van der Waals surface area contributed by atoms with Crippen LogP contribution in [-0.2, 0) is 6.54 Å². The van der Waals surface area contributed by atoms with E-state index in [1.165, 1.54) is 4.57 Å². The van der Waals surface area contributed by atoms with Gasteiger partial charge in [0, 0.05) is 17.3 Å². The second-order valence-corrected chi connectivity index (χ2v) is 5.45. The summed E-state index contributed by atoms with van der Waals surface area (Å²) in [6, 6.07) is 10.5. The summed E-state index contributed by atoms with van der Waals surface area (Å²) in [5, 5.41) is 9.62. The van der Waals surface area contributed by atoms with Crippen LogP contribution in [0.25, 0.3) is 16.7 Å². The fraction of sp³-hybridized carbons (Fsp3) is 0.188. The molecule has 0 amide bonds. The number of benzene rings is 1. The number of rotatable bonds is 2. The first kappa shape index (κ1) is 14.5. The van der Waals surface area contributed by atoms with E-state index in [0.29, 0.717) is 28.3 Å². The van der Waals surface area contributed by atoms with Crippen LogP contribution in [0.2, 0.25) is 5.02 Å². The maximum atomic E-state index is 12.8. The molecular weight excluding hydrogens is 300 g/mol. The molecular formula is C16H15ClN4O. The lowest BCUT2D eigenvalue weighted by molar-refractivity contribution is 0.675. The summed E-state index contributed by atoms with van der Waals surface area (Å²) in [6.07, 6.45) is 0. The summed E-state index contributed by atoms with van der Waals surface area (Å²) in [5.41, 5.74) is 1.82. The standard InChI is InChI=1S/C16H15ClN4O/c1-3-20-15-13(9-4-10(2)19-15)14(18)21(16(20)22)12-7-5-11(17)6-8-12/h4-9,18H,3H2,1-2H3. The summed E-state index contributed by atoms with van der Waals surface area (Å²) in [5.74, 6) is 0. The summed E-state index contributed by atoms with van der Waals surface area (Å²) < 4.78 is 2.95. The van der Waals surface area contributed by atoms with Crippen molar-refractivity contribution < 1.29 is 0 Å². The van der Waals surface area contributed by atoms with Gasteiger partial charge in [0.2, 0.25) is 0 Å². The van der Waals surface area contributed by atoms with E-state index in [0.717, 1.165) is 5.69 Å². The van der Waals surface area contributed by atoms with E-state index in [4.69, 9.17) is 17.0 Å². The highest BCUT2D eigenvalue weighted by molar-refractivity contribution is 6.30. The maximum absolute atomic E-state index is 12.8. The van der Waals surface area contributed by atoms with E-state index in [1.54, 1.807) is 28.8 Å². The third-order valence-electron chi connectivity index (χ3n) is 3.57. The van der Waals surface area contributed by atoms with Gasteiger partial charge in [0.05, 0.1) is 11.1 Å². The van der Waals surface area contributed by atoms with Gasteiger partial charge in [0.25, 0.3) is 0 Å². The number of hydrogen-bond acceptors (Lipinski definition) is 3. The van der Waals surface area contributed by atoms with E-state index in [9.17, 15) is 4.79 Å². The molecule has 0 fully saturated rings. The number of nitrogens with one attached hydrogen (secondary N) is 1. The SMILES string of the molecule is CCn1c(=O)n(-c2ccc(Cl)cc2)c(=N)c2ccc(C)nc21. The maximum Gasteiger partial charge on any atom is 0.335 e. The second kappa shape index (κ2) is 5.42. The summed E-state index contributed by atoms with van der Waals surface area (Å²) in [7, 11) is 0. The van der Waals surface area contributed by atoms with Crippen molar-refractivity contribution >= 4 is 22.6 Å².